The molecule has 28 heavy (non-hydrogen) atoms. The molecule has 0 amide bonds. The zero-order chi connectivity index (χ0) is 20.3. The summed E-state index contributed by atoms with van der Waals surface area (Å²) in [5, 5.41) is 0. The Hall–Kier alpha value is -2.11. The van der Waals surface area contributed by atoms with Crippen LogP contribution in [0.4, 0.5) is 22.0 Å². The first-order chi connectivity index (χ1) is 13.3. The molecule has 3 rings (SSSR count). The molecule has 2 aromatic carbocycles. The zero-order valence-electron chi connectivity index (χ0n) is 15.7. The monoisotopic (exact) mass is 398 g/mol. The van der Waals surface area contributed by atoms with E-state index in [1.807, 2.05) is 6.07 Å². The van der Waals surface area contributed by atoms with Crippen molar-refractivity contribution in [1.29, 1.82) is 0 Å². The minimum absolute atomic E-state index is 0.119. The Morgan fingerprint density at radius 2 is 1.86 bits per heavy atom. The highest BCUT2D eigenvalue weighted by molar-refractivity contribution is 5.41. The summed E-state index contributed by atoms with van der Waals surface area (Å²) in [7, 11) is 0. The number of aryl methyl sites for hydroxylation is 1. The van der Waals surface area contributed by atoms with E-state index in [1.165, 1.54) is 6.07 Å². The molecule has 0 bridgehead atoms. The quantitative estimate of drug-likeness (QED) is 0.381. The fraction of sp³-hybridized carbons (Fsp3) is 0.455. The van der Waals surface area contributed by atoms with Gasteiger partial charge in [0.1, 0.15) is 5.82 Å². The highest BCUT2D eigenvalue weighted by Gasteiger charge is 2.34. The number of benzene rings is 2. The molecule has 0 saturated heterocycles. The van der Waals surface area contributed by atoms with Crippen LogP contribution in [0.15, 0.2) is 30.3 Å². The number of unbranched alkanes of at least 4 members (excludes halogenated alkanes) is 2. The van der Waals surface area contributed by atoms with Crippen molar-refractivity contribution < 1.29 is 26.7 Å². The second kappa shape index (κ2) is 8.50. The Bertz CT molecular complexity index is 828. The van der Waals surface area contributed by atoms with E-state index in [0.717, 1.165) is 37.3 Å². The van der Waals surface area contributed by atoms with Gasteiger partial charge < -0.3 is 4.74 Å². The summed E-state index contributed by atoms with van der Waals surface area (Å²) < 4.78 is 69.9. The predicted molar refractivity (Wildman–Crippen MR) is 97.5 cm³/mol. The molecule has 1 aliphatic rings. The second-order valence-corrected chi connectivity index (χ2v) is 7.32. The third kappa shape index (κ3) is 4.83. The maximum Gasteiger partial charge on any atom is 0.573 e. The maximum atomic E-state index is 14.6. The van der Waals surface area contributed by atoms with Crippen LogP contribution < -0.4 is 4.74 Å². The number of alkyl halides is 3. The van der Waals surface area contributed by atoms with Gasteiger partial charge in [0, 0.05) is 0 Å². The van der Waals surface area contributed by atoms with Crippen LogP contribution in [0.1, 0.15) is 60.8 Å². The number of hydrogen-bond acceptors (Lipinski definition) is 1. The number of fused-ring (bicyclic) bond motifs is 1. The molecular formula is C22H23F5O. The van der Waals surface area contributed by atoms with Crippen LogP contribution >= 0.6 is 0 Å². The summed E-state index contributed by atoms with van der Waals surface area (Å²) in [6.07, 6.45) is 0.255. The van der Waals surface area contributed by atoms with Crippen molar-refractivity contribution in [3.05, 3.63) is 64.2 Å². The lowest BCUT2D eigenvalue weighted by Crippen LogP contribution is -2.20. The Morgan fingerprint density at radius 1 is 1.07 bits per heavy atom. The van der Waals surface area contributed by atoms with Crippen molar-refractivity contribution in [1.82, 2.24) is 0 Å². The Labute approximate surface area is 161 Å². The summed E-state index contributed by atoms with van der Waals surface area (Å²) >= 11 is 0. The Balaban J connectivity index is 1.76. The molecule has 1 atom stereocenters. The van der Waals surface area contributed by atoms with Crippen molar-refractivity contribution in [3.63, 3.8) is 0 Å². The normalized spacial score (nSPS) is 16.7. The minimum Gasteiger partial charge on any atom is -0.403 e. The average Bonchev–Trinajstić information content (AvgIpc) is 2.63. The van der Waals surface area contributed by atoms with Gasteiger partial charge in [-0.1, -0.05) is 38.0 Å². The van der Waals surface area contributed by atoms with Gasteiger partial charge >= 0.3 is 6.36 Å². The maximum absolute atomic E-state index is 14.6. The van der Waals surface area contributed by atoms with Crippen molar-refractivity contribution >= 4 is 0 Å². The number of ether oxygens (including phenoxy) is 1. The fourth-order valence-electron chi connectivity index (χ4n) is 3.89. The molecule has 6 heteroatoms. The summed E-state index contributed by atoms with van der Waals surface area (Å²) in [5.41, 5.74) is 2.39. The first-order valence-corrected chi connectivity index (χ1v) is 9.62. The van der Waals surface area contributed by atoms with Crippen LogP contribution in [0.5, 0.6) is 5.75 Å². The number of rotatable bonds is 6. The van der Waals surface area contributed by atoms with E-state index in [9.17, 15) is 22.0 Å². The van der Waals surface area contributed by atoms with E-state index in [-0.39, 0.29) is 23.7 Å². The van der Waals surface area contributed by atoms with Gasteiger partial charge in [-0.15, -0.1) is 13.2 Å². The molecule has 0 heterocycles. The van der Waals surface area contributed by atoms with E-state index in [4.69, 9.17) is 0 Å². The third-order valence-corrected chi connectivity index (χ3v) is 5.31. The highest BCUT2D eigenvalue weighted by Crippen LogP contribution is 2.38. The van der Waals surface area contributed by atoms with Gasteiger partial charge in [0.15, 0.2) is 11.6 Å². The lowest BCUT2D eigenvalue weighted by atomic mass is 9.79. The summed E-state index contributed by atoms with van der Waals surface area (Å²) in [4.78, 5) is 0. The van der Waals surface area contributed by atoms with Crippen molar-refractivity contribution in [2.75, 3.05) is 0 Å². The molecular weight excluding hydrogens is 375 g/mol. The molecule has 0 fully saturated rings. The van der Waals surface area contributed by atoms with E-state index in [0.29, 0.717) is 24.0 Å². The van der Waals surface area contributed by atoms with Crippen molar-refractivity contribution in [2.24, 2.45) is 0 Å². The predicted octanol–water partition coefficient (Wildman–Crippen LogP) is 6.87. The Morgan fingerprint density at radius 3 is 2.54 bits per heavy atom. The molecule has 1 aliphatic carbocycles. The van der Waals surface area contributed by atoms with Crippen molar-refractivity contribution in [3.8, 4) is 5.75 Å². The third-order valence-electron chi connectivity index (χ3n) is 5.31. The molecule has 0 radical (unpaired) electrons. The van der Waals surface area contributed by atoms with Gasteiger partial charge in [-0.2, -0.15) is 0 Å². The van der Waals surface area contributed by atoms with Gasteiger partial charge in [0.2, 0.25) is 0 Å². The van der Waals surface area contributed by atoms with Gasteiger partial charge in [0.25, 0.3) is 0 Å². The van der Waals surface area contributed by atoms with Crippen LogP contribution in [0.3, 0.4) is 0 Å². The molecule has 152 valence electrons. The highest BCUT2D eigenvalue weighted by atomic mass is 19.4. The summed E-state index contributed by atoms with van der Waals surface area (Å²) in [6, 6.07) is 7.75. The van der Waals surface area contributed by atoms with E-state index >= 15 is 0 Å². The molecule has 0 saturated carbocycles. The van der Waals surface area contributed by atoms with Crippen LogP contribution in [0.25, 0.3) is 0 Å². The topological polar surface area (TPSA) is 9.23 Å². The molecule has 1 nitrogen and oxygen atoms in total. The minimum atomic E-state index is -4.94. The molecule has 0 aromatic heterocycles. The van der Waals surface area contributed by atoms with Gasteiger partial charge in [-0.05, 0) is 72.4 Å². The average molecular weight is 398 g/mol. The van der Waals surface area contributed by atoms with Crippen molar-refractivity contribution in [2.45, 2.75) is 64.1 Å². The smallest absolute Gasteiger partial charge is 0.403 e. The van der Waals surface area contributed by atoms with E-state index in [2.05, 4.69) is 11.7 Å². The van der Waals surface area contributed by atoms with E-state index in [1.54, 1.807) is 12.1 Å². The lowest BCUT2D eigenvalue weighted by molar-refractivity contribution is -0.275. The molecule has 1 unspecified atom stereocenters. The van der Waals surface area contributed by atoms with E-state index < -0.39 is 17.9 Å². The SMILES string of the molecule is CCCCCc1ccc(C2CCc3c(ccc(OC(F)(F)F)c3F)C2)c(F)c1. The van der Waals surface area contributed by atoms with Gasteiger partial charge in [-0.25, -0.2) is 8.78 Å². The summed E-state index contributed by atoms with van der Waals surface area (Å²) in [6.45, 7) is 2.12. The van der Waals surface area contributed by atoms with Gasteiger partial charge in [-0.3, -0.25) is 0 Å². The molecule has 2 aromatic rings. The number of halogens is 5. The molecule has 0 spiro atoms. The zero-order valence-corrected chi connectivity index (χ0v) is 15.7. The largest absolute Gasteiger partial charge is 0.573 e. The molecule has 0 aliphatic heterocycles. The molecule has 0 N–H and O–H groups in total. The first-order valence-electron chi connectivity index (χ1n) is 9.62. The van der Waals surface area contributed by atoms with Gasteiger partial charge in [0.05, 0.1) is 0 Å². The number of hydrogen-bond donors (Lipinski definition) is 0. The second-order valence-electron chi connectivity index (χ2n) is 7.32. The fourth-order valence-corrected chi connectivity index (χ4v) is 3.89. The standard InChI is InChI=1S/C22H23F5O/c1-2-3-4-5-14-6-9-17(19(23)12-14)15-7-10-18-16(13-15)8-11-20(21(18)24)28-22(25,26)27/h6,8-9,11-12,15H,2-5,7,10,13H2,1H3. The lowest BCUT2D eigenvalue weighted by Gasteiger charge is -2.26. The summed E-state index contributed by atoms with van der Waals surface area (Å²) in [5.74, 6) is -2.17. The first kappa shape index (κ1) is 20.6. The van der Waals surface area contributed by atoms with Crippen LogP contribution in [0.2, 0.25) is 0 Å². The van der Waals surface area contributed by atoms with Crippen LogP contribution in [0, 0.1) is 11.6 Å². The van der Waals surface area contributed by atoms with Crippen LogP contribution in [-0.2, 0) is 19.3 Å². The Kier molecular flexibility index (Phi) is 6.26. The van der Waals surface area contributed by atoms with Crippen LogP contribution in [-0.4, -0.2) is 6.36 Å².